The zero-order chi connectivity index (χ0) is 16.6. The van der Waals surface area contributed by atoms with Gasteiger partial charge in [-0.3, -0.25) is 0 Å². The summed E-state index contributed by atoms with van der Waals surface area (Å²) in [5.41, 5.74) is 6.01. The van der Waals surface area contributed by atoms with E-state index < -0.39 is 0 Å². The summed E-state index contributed by atoms with van der Waals surface area (Å²) >= 11 is 0. The number of aromatic hydroxyl groups is 1. The largest absolute Gasteiger partial charge is 0.507 e. The fraction of sp³-hybridized carbons (Fsp3) is 0.143. The van der Waals surface area contributed by atoms with Crippen LogP contribution >= 0.6 is 0 Å². The van der Waals surface area contributed by atoms with E-state index in [9.17, 15) is 9.50 Å². The number of phenols is 1. The van der Waals surface area contributed by atoms with E-state index in [0.29, 0.717) is 16.7 Å². The van der Waals surface area contributed by atoms with Crippen LogP contribution in [0.4, 0.5) is 4.39 Å². The fourth-order valence-corrected chi connectivity index (χ4v) is 2.68. The minimum atomic E-state index is -0.265. The van der Waals surface area contributed by atoms with Crippen LogP contribution in [0.25, 0.3) is 22.3 Å². The van der Waals surface area contributed by atoms with E-state index in [0.717, 1.165) is 11.1 Å². The third-order valence-electron chi connectivity index (χ3n) is 4.34. The topological polar surface area (TPSA) is 20.2 Å². The van der Waals surface area contributed by atoms with Crippen molar-refractivity contribution in [1.82, 2.24) is 0 Å². The minimum absolute atomic E-state index is 0.180. The van der Waals surface area contributed by atoms with Gasteiger partial charge in [-0.2, -0.15) is 0 Å². The summed E-state index contributed by atoms with van der Waals surface area (Å²) in [5, 5.41) is 10.7. The predicted octanol–water partition coefficient (Wildman–Crippen LogP) is 5.79. The third kappa shape index (κ3) is 2.85. The molecule has 0 saturated carbocycles. The number of aryl methyl sites for hydroxylation is 3. The van der Waals surface area contributed by atoms with Crippen molar-refractivity contribution in [2.24, 2.45) is 0 Å². The van der Waals surface area contributed by atoms with Crippen molar-refractivity contribution < 1.29 is 9.50 Å². The molecule has 3 rings (SSSR count). The van der Waals surface area contributed by atoms with E-state index in [1.165, 1.54) is 17.2 Å². The highest BCUT2D eigenvalue weighted by Gasteiger charge is 2.12. The molecule has 0 aliphatic heterocycles. The zero-order valence-corrected chi connectivity index (χ0v) is 13.5. The molecule has 0 bridgehead atoms. The summed E-state index contributed by atoms with van der Waals surface area (Å²) in [6.45, 7) is 5.84. The van der Waals surface area contributed by atoms with Crippen molar-refractivity contribution in [3.63, 3.8) is 0 Å². The van der Waals surface area contributed by atoms with E-state index >= 15 is 0 Å². The first kappa shape index (κ1) is 15.3. The Hall–Kier alpha value is -2.61. The van der Waals surface area contributed by atoms with Crippen LogP contribution < -0.4 is 0 Å². The van der Waals surface area contributed by atoms with Crippen LogP contribution in [0.1, 0.15) is 16.7 Å². The molecule has 0 aliphatic rings. The van der Waals surface area contributed by atoms with Gasteiger partial charge in [0.25, 0.3) is 0 Å². The van der Waals surface area contributed by atoms with Gasteiger partial charge in [-0.15, -0.1) is 0 Å². The lowest BCUT2D eigenvalue weighted by atomic mass is 9.95. The van der Waals surface area contributed by atoms with E-state index in [4.69, 9.17) is 0 Å². The highest BCUT2D eigenvalue weighted by Crippen LogP contribution is 2.38. The molecule has 0 heterocycles. The first-order valence-electron chi connectivity index (χ1n) is 7.63. The van der Waals surface area contributed by atoms with Crippen LogP contribution in [-0.2, 0) is 0 Å². The summed E-state index contributed by atoms with van der Waals surface area (Å²) in [6, 6.07) is 16.7. The molecule has 0 radical (unpaired) electrons. The molecule has 1 nitrogen and oxygen atoms in total. The molecule has 23 heavy (non-hydrogen) atoms. The predicted molar refractivity (Wildman–Crippen MR) is 93.1 cm³/mol. The number of hydrogen-bond acceptors (Lipinski definition) is 1. The highest BCUT2D eigenvalue weighted by atomic mass is 19.1. The molecule has 2 heteroatoms. The number of para-hydroxylation sites is 1. The Morgan fingerprint density at radius 3 is 1.83 bits per heavy atom. The fourth-order valence-electron chi connectivity index (χ4n) is 2.68. The second-order valence-electron chi connectivity index (χ2n) is 5.96. The molecule has 0 fully saturated rings. The van der Waals surface area contributed by atoms with Gasteiger partial charge in [0.2, 0.25) is 0 Å². The number of rotatable bonds is 2. The van der Waals surface area contributed by atoms with E-state index in [-0.39, 0.29) is 11.6 Å². The smallest absolute Gasteiger partial charge is 0.131 e. The van der Waals surface area contributed by atoms with E-state index in [2.05, 4.69) is 19.9 Å². The van der Waals surface area contributed by atoms with Gasteiger partial charge < -0.3 is 5.11 Å². The Labute approximate surface area is 136 Å². The SMILES string of the molecule is Cc1ccc(-c2cccc(-c3ccc(C)c(F)c3)c2O)cc1C. The van der Waals surface area contributed by atoms with Crippen LogP contribution in [0.5, 0.6) is 5.75 Å². The van der Waals surface area contributed by atoms with Gasteiger partial charge in [0.15, 0.2) is 0 Å². The van der Waals surface area contributed by atoms with Gasteiger partial charge in [-0.1, -0.05) is 48.5 Å². The second kappa shape index (κ2) is 5.88. The monoisotopic (exact) mass is 306 g/mol. The van der Waals surface area contributed by atoms with Crippen molar-refractivity contribution in [3.8, 4) is 28.0 Å². The third-order valence-corrected chi connectivity index (χ3v) is 4.34. The van der Waals surface area contributed by atoms with Gasteiger partial charge in [0.1, 0.15) is 11.6 Å². The average Bonchev–Trinajstić information content (AvgIpc) is 2.53. The molecule has 1 N–H and O–H groups in total. The van der Waals surface area contributed by atoms with Gasteiger partial charge >= 0.3 is 0 Å². The van der Waals surface area contributed by atoms with Gasteiger partial charge in [0.05, 0.1) is 0 Å². The van der Waals surface area contributed by atoms with Crippen LogP contribution in [-0.4, -0.2) is 5.11 Å². The maximum atomic E-state index is 13.8. The number of benzene rings is 3. The molecule has 0 saturated heterocycles. The van der Waals surface area contributed by atoms with Crippen molar-refractivity contribution in [3.05, 3.63) is 77.1 Å². The van der Waals surface area contributed by atoms with Crippen molar-refractivity contribution >= 4 is 0 Å². The lowest BCUT2D eigenvalue weighted by Gasteiger charge is -2.12. The Morgan fingerprint density at radius 2 is 1.26 bits per heavy atom. The van der Waals surface area contributed by atoms with Gasteiger partial charge in [0, 0.05) is 11.1 Å². The highest BCUT2D eigenvalue weighted by molar-refractivity contribution is 5.82. The summed E-state index contributed by atoms with van der Waals surface area (Å²) in [6.07, 6.45) is 0. The summed E-state index contributed by atoms with van der Waals surface area (Å²) in [5.74, 6) is -0.0857. The standard InChI is InChI=1S/C21H19FO/c1-13-7-9-16(11-15(13)3)18-5-4-6-19(21(18)23)17-10-8-14(2)20(22)12-17/h4-12,23H,1-3H3. The minimum Gasteiger partial charge on any atom is -0.507 e. The number of phenolic OH excluding ortho intramolecular Hbond substituents is 1. The Kier molecular flexibility index (Phi) is 3.91. The molecule has 0 amide bonds. The average molecular weight is 306 g/mol. The number of halogens is 1. The Bertz CT molecular complexity index is 811. The van der Waals surface area contributed by atoms with Crippen LogP contribution in [0.15, 0.2) is 54.6 Å². The lowest BCUT2D eigenvalue weighted by molar-refractivity contribution is 0.479. The summed E-state index contributed by atoms with van der Waals surface area (Å²) in [7, 11) is 0. The van der Waals surface area contributed by atoms with Crippen molar-refractivity contribution in [1.29, 1.82) is 0 Å². The van der Waals surface area contributed by atoms with E-state index in [1.807, 2.05) is 36.4 Å². The van der Waals surface area contributed by atoms with E-state index in [1.54, 1.807) is 13.0 Å². The quantitative estimate of drug-likeness (QED) is 0.635. The molecule has 116 valence electrons. The number of hydrogen-bond donors (Lipinski definition) is 1. The molecule has 0 aromatic heterocycles. The van der Waals surface area contributed by atoms with Crippen molar-refractivity contribution in [2.45, 2.75) is 20.8 Å². The van der Waals surface area contributed by atoms with Crippen molar-refractivity contribution in [2.75, 3.05) is 0 Å². The van der Waals surface area contributed by atoms with Crippen LogP contribution in [0.2, 0.25) is 0 Å². The second-order valence-corrected chi connectivity index (χ2v) is 5.96. The maximum absolute atomic E-state index is 13.8. The molecule has 0 aliphatic carbocycles. The molecule has 3 aromatic carbocycles. The van der Waals surface area contributed by atoms with Gasteiger partial charge in [-0.05, 0) is 54.7 Å². The Morgan fingerprint density at radius 1 is 0.696 bits per heavy atom. The Balaban J connectivity index is 2.14. The van der Waals surface area contributed by atoms with Crippen LogP contribution in [0, 0.1) is 26.6 Å². The first-order valence-corrected chi connectivity index (χ1v) is 7.63. The van der Waals surface area contributed by atoms with Gasteiger partial charge in [-0.25, -0.2) is 4.39 Å². The molecule has 3 aromatic rings. The molecule has 0 unspecified atom stereocenters. The normalized spacial score (nSPS) is 10.8. The molecular formula is C21H19FO. The molecular weight excluding hydrogens is 287 g/mol. The summed E-state index contributed by atoms with van der Waals surface area (Å²) < 4.78 is 13.8. The summed E-state index contributed by atoms with van der Waals surface area (Å²) in [4.78, 5) is 0. The lowest BCUT2D eigenvalue weighted by Crippen LogP contribution is -1.88. The maximum Gasteiger partial charge on any atom is 0.131 e. The molecule has 0 atom stereocenters. The zero-order valence-electron chi connectivity index (χ0n) is 13.5. The first-order chi connectivity index (χ1) is 11.0. The van der Waals surface area contributed by atoms with Crippen LogP contribution in [0.3, 0.4) is 0 Å². The molecule has 0 spiro atoms.